The number of carboxylic acids is 1. The molecule has 0 aromatic heterocycles. The van der Waals surface area contributed by atoms with Crippen LogP contribution in [0.5, 0.6) is 11.5 Å². The van der Waals surface area contributed by atoms with E-state index in [1.165, 1.54) is 12.1 Å². The number of hydrogen-bond acceptors (Lipinski definition) is 5. The lowest BCUT2D eigenvalue weighted by molar-refractivity contribution is 0.0697. The van der Waals surface area contributed by atoms with Crippen molar-refractivity contribution in [1.29, 1.82) is 0 Å². The van der Waals surface area contributed by atoms with E-state index in [1.807, 2.05) is 12.1 Å². The van der Waals surface area contributed by atoms with Gasteiger partial charge in [0.25, 0.3) is 10.0 Å². The molecule has 2 N–H and O–H groups in total. The molecule has 0 unspecified atom stereocenters. The Kier molecular flexibility index (Phi) is 7.72. The van der Waals surface area contributed by atoms with Crippen molar-refractivity contribution in [3.8, 4) is 11.5 Å². The highest BCUT2D eigenvalue weighted by Crippen LogP contribution is 2.20. The van der Waals surface area contributed by atoms with Gasteiger partial charge in [-0.05, 0) is 72.6 Å². The number of aryl methyl sites for hydroxylation is 1. The van der Waals surface area contributed by atoms with Gasteiger partial charge in [-0.15, -0.1) is 0 Å². The van der Waals surface area contributed by atoms with E-state index in [4.69, 9.17) is 14.6 Å². The lowest BCUT2D eigenvalue weighted by Gasteiger charge is -2.11. The van der Waals surface area contributed by atoms with Gasteiger partial charge in [0.2, 0.25) is 0 Å². The van der Waals surface area contributed by atoms with Gasteiger partial charge >= 0.3 is 5.97 Å². The molecule has 0 spiro atoms. The van der Waals surface area contributed by atoms with Gasteiger partial charge < -0.3 is 14.6 Å². The van der Waals surface area contributed by atoms with Gasteiger partial charge in [0.05, 0.1) is 10.5 Å². The Morgan fingerprint density at radius 2 is 1.38 bits per heavy atom. The van der Waals surface area contributed by atoms with E-state index in [-0.39, 0.29) is 23.7 Å². The molecule has 0 radical (unpaired) electrons. The molecule has 0 saturated heterocycles. The minimum atomic E-state index is -3.67. The number of sulfonamides is 1. The van der Waals surface area contributed by atoms with Crippen molar-refractivity contribution >= 4 is 21.7 Å². The first-order valence-electron chi connectivity index (χ1n) is 10.2. The number of rotatable bonds is 11. The van der Waals surface area contributed by atoms with E-state index in [2.05, 4.69) is 11.6 Å². The third-order valence-electron chi connectivity index (χ3n) is 4.60. The van der Waals surface area contributed by atoms with Crippen LogP contribution in [-0.2, 0) is 16.4 Å². The Hall–Kier alpha value is -3.52. The second kappa shape index (κ2) is 10.7. The van der Waals surface area contributed by atoms with E-state index in [9.17, 15) is 13.2 Å². The smallest absolute Gasteiger partial charge is 0.335 e. The molecule has 3 aromatic rings. The molecule has 0 bridgehead atoms. The Bertz CT molecular complexity index is 1120. The van der Waals surface area contributed by atoms with Crippen LogP contribution in [0, 0.1) is 0 Å². The van der Waals surface area contributed by atoms with Gasteiger partial charge in [0.1, 0.15) is 24.7 Å². The molecular weight excluding hydrogens is 430 g/mol. The summed E-state index contributed by atoms with van der Waals surface area (Å²) >= 11 is 0. The van der Waals surface area contributed by atoms with Gasteiger partial charge in [0, 0.05) is 5.69 Å². The molecule has 168 valence electrons. The average molecular weight is 456 g/mol. The Morgan fingerprint density at radius 3 is 1.88 bits per heavy atom. The number of carboxylic acid groups (broad SMARTS) is 1. The van der Waals surface area contributed by atoms with E-state index in [0.29, 0.717) is 17.2 Å². The van der Waals surface area contributed by atoms with Crippen LogP contribution < -0.4 is 14.2 Å². The number of aromatic carboxylic acids is 1. The standard InChI is InChI=1S/C24H25NO6S/c1-2-3-18-4-14-23(15-5-18)32(28,29)25-20-8-12-22(13-9-20)31-17-16-30-21-10-6-19(7-11-21)24(26)27/h4-15,25H,2-3,16-17H2,1H3,(H,26,27). The second-order valence-electron chi connectivity index (χ2n) is 7.05. The Morgan fingerprint density at radius 1 is 0.844 bits per heavy atom. The highest BCUT2D eigenvalue weighted by atomic mass is 32.2. The molecule has 8 heteroatoms. The summed E-state index contributed by atoms with van der Waals surface area (Å²) < 4.78 is 38.8. The normalized spacial score (nSPS) is 11.0. The fraction of sp³-hybridized carbons (Fsp3) is 0.208. The summed E-state index contributed by atoms with van der Waals surface area (Å²) in [7, 11) is -3.67. The molecule has 7 nitrogen and oxygen atoms in total. The molecule has 3 aromatic carbocycles. The third kappa shape index (κ3) is 6.49. The second-order valence-corrected chi connectivity index (χ2v) is 8.73. The Balaban J connectivity index is 1.48. The molecule has 0 amide bonds. The van der Waals surface area contributed by atoms with Crippen LogP contribution in [0.4, 0.5) is 5.69 Å². The highest BCUT2D eigenvalue weighted by Gasteiger charge is 2.14. The summed E-state index contributed by atoms with van der Waals surface area (Å²) in [6, 6.07) is 19.6. The summed E-state index contributed by atoms with van der Waals surface area (Å²) in [4.78, 5) is 11.1. The monoisotopic (exact) mass is 455 g/mol. The maximum Gasteiger partial charge on any atom is 0.335 e. The molecule has 0 atom stereocenters. The van der Waals surface area contributed by atoms with Crippen molar-refractivity contribution in [3.05, 3.63) is 83.9 Å². The van der Waals surface area contributed by atoms with Crippen LogP contribution in [0.1, 0.15) is 29.3 Å². The zero-order valence-electron chi connectivity index (χ0n) is 17.7. The average Bonchev–Trinajstić information content (AvgIpc) is 2.78. The molecule has 3 rings (SSSR count). The molecule has 0 fully saturated rings. The van der Waals surface area contributed by atoms with Crippen molar-refractivity contribution in [2.24, 2.45) is 0 Å². The zero-order chi connectivity index (χ0) is 23.0. The topological polar surface area (TPSA) is 102 Å². The zero-order valence-corrected chi connectivity index (χ0v) is 18.5. The van der Waals surface area contributed by atoms with Crippen molar-refractivity contribution in [2.45, 2.75) is 24.7 Å². The molecule has 0 heterocycles. The number of ether oxygens (including phenoxy) is 2. The third-order valence-corrected chi connectivity index (χ3v) is 6.00. The highest BCUT2D eigenvalue weighted by molar-refractivity contribution is 7.92. The van der Waals surface area contributed by atoms with Crippen molar-refractivity contribution in [2.75, 3.05) is 17.9 Å². The Labute approximate surface area is 187 Å². The van der Waals surface area contributed by atoms with Crippen molar-refractivity contribution in [1.82, 2.24) is 0 Å². The van der Waals surface area contributed by atoms with Crippen LogP contribution in [0.3, 0.4) is 0 Å². The van der Waals surface area contributed by atoms with Gasteiger partial charge in [0.15, 0.2) is 0 Å². The number of benzene rings is 3. The fourth-order valence-electron chi connectivity index (χ4n) is 2.97. The van der Waals surface area contributed by atoms with Crippen LogP contribution in [0.25, 0.3) is 0 Å². The number of carbonyl (C=O) groups is 1. The summed E-state index contributed by atoms with van der Waals surface area (Å²) in [6.07, 6.45) is 1.92. The van der Waals surface area contributed by atoms with Crippen LogP contribution in [0.15, 0.2) is 77.7 Å². The van der Waals surface area contributed by atoms with Crippen molar-refractivity contribution in [3.63, 3.8) is 0 Å². The summed E-state index contributed by atoms with van der Waals surface area (Å²) in [6.45, 7) is 2.62. The SMILES string of the molecule is CCCc1ccc(S(=O)(=O)Nc2ccc(OCCOc3ccc(C(=O)O)cc3)cc2)cc1. The number of nitrogens with one attached hydrogen (secondary N) is 1. The maximum absolute atomic E-state index is 12.6. The largest absolute Gasteiger partial charge is 0.490 e. The van der Waals surface area contributed by atoms with E-state index >= 15 is 0 Å². The number of hydrogen-bond donors (Lipinski definition) is 2. The molecular formula is C24H25NO6S. The van der Waals surface area contributed by atoms with Gasteiger partial charge in [-0.2, -0.15) is 0 Å². The van der Waals surface area contributed by atoms with E-state index in [0.717, 1.165) is 18.4 Å². The van der Waals surface area contributed by atoms with Gasteiger partial charge in [-0.3, -0.25) is 4.72 Å². The first-order valence-corrected chi connectivity index (χ1v) is 11.7. The summed E-state index contributed by atoms with van der Waals surface area (Å²) in [5.74, 6) is 0.128. The molecule has 0 saturated carbocycles. The van der Waals surface area contributed by atoms with Crippen molar-refractivity contribution < 1.29 is 27.8 Å². The molecule has 0 aliphatic rings. The summed E-state index contributed by atoms with van der Waals surface area (Å²) in [5.41, 5.74) is 1.73. The predicted octanol–water partition coefficient (Wildman–Crippen LogP) is 4.60. The lowest BCUT2D eigenvalue weighted by atomic mass is 10.1. The van der Waals surface area contributed by atoms with Crippen LogP contribution in [0.2, 0.25) is 0 Å². The minimum Gasteiger partial charge on any atom is -0.490 e. The molecule has 0 aliphatic carbocycles. The van der Waals surface area contributed by atoms with Gasteiger partial charge in [-0.1, -0.05) is 25.5 Å². The van der Waals surface area contributed by atoms with E-state index in [1.54, 1.807) is 48.5 Å². The first-order chi connectivity index (χ1) is 15.4. The van der Waals surface area contributed by atoms with Crippen LogP contribution in [-0.4, -0.2) is 32.7 Å². The molecule has 32 heavy (non-hydrogen) atoms. The van der Waals surface area contributed by atoms with E-state index < -0.39 is 16.0 Å². The lowest BCUT2D eigenvalue weighted by Crippen LogP contribution is -2.13. The summed E-state index contributed by atoms with van der Waals surface area (Å²) in [5, 5.41) is 8.89. The van der Waals surface area contributed by atoms with Gasteiger partial charge in [-0.25, -0.2) is 13.2 Å². The fourth-order valence-corrected chi connectivity index (χ4v) is 4.03. The predicted molar refractivity (Wildman–Crippen MR) is 122 cm³/mol. The van der Waals surface area contributed by atoms with Crippen LogP contribution >= 0.6 is 0 Å². The molecule has 0 aliphatic heterocycles. The maximum atomic E-state index is 12.6. The first kappa shape index (κ1) is 23.1. The quantitative estimate of drug-likeness (QED) is 0.410. The number of anilines is 1. The minimum absolute atomic E-state index is 0.192.